The van der Waals surface area contributed by atoms with Crippen LogP contribution >= 0.6 is 0 Å². The number of aromatic nitrogens is 3. The number of nitrogens with zero attached hydrogens (tertiary/aromatic N) is 5. The maximum absolute atomic E-state index is 15.2. The van der Waals surface area contributed by atoms with Crippen molar-refractivity contribution in [2.75, 3.05) is 12.9 Å². The summed E-state index contributed by atoms with van der Waals surface area (Å²) in [6, 6.07) is 6.35. The molecule has 0 amide bonds. The van der Waals surface area contributed by atoms with Crippen LogP contribution in [0.1, 0.15) is 39.2 Å². The normalized spacial score (nSPS) is 23.3. The van der Waals surface area contributed by atoms with Crippen LogP contribution in [0.5, 0.6) is 5.88 Å². The van der Waals surface area contributed by atoms with Crippen molar-refractivity contribution < 1.29 is 40.9 Å². The van der Waals surface area contributed by atoms with Crippen LogP contribution < -0.4 is 10.5 Å². The van der Waals surface area contributed by atoms with Crippen molar-refractivity contribution in [3.05, 3.63) is 48.0 Å². The summed E-state index contributed by atoms with van der Waals surface area (Å²) >= 11 is 0. The number of aliphatic carboxylic acids is 1. The van der Waals surface area contributed by atoms with E-state index in [0.717, 1.165) is 12.8 Å². The molecule has 2 atom stereocenters. The van der Waals surface area contributed by atoms with Crippen LogP contribution in [0.3, 0.4) is 0 Å². The molecule has 16 heteroatoms. The highest BCUT2D eigenvalue weighted by atomic mass is 32.2. The van der Waals surface area contributed by atoms with E-state index in [0.29, 0.717) is 28.6 Å². The second-order valence-electron chi connectivity index (χ2n) is 10.4. The highest BCUT2D eigenvalue weighted by Gasteiger charge is 2.49. The van der Waals surface area contributed by atoms with Crippen molar-refractivity contribution >= 4 is 21.5 Å². The van der Waals surface area contributed by atoms with E-state index in [9.17, 15) is 17.4 Å². The van der Waals surface area contributed by atoms with E-state index in [-0.39, 0.29) is 23.2 Å². The lowest BCUT2D eigenvalue weighted by atomic mass is 9.91. The third-order valence-electron chi connectivity index (χ3n) is 6.81. The number of carbonyl (C=O) groups is 1. The van der Waals surface area contributed by atoms with Gasteiger partial charge in [0.15, 0.2) is 5.76 Å². The zero-order valence-electron chi connectivity index (χ0n) is 23.0. The molecule has 3 aromatic rings. The second kappa shape index (κ2) is 11.0. The summed E-state index contributed by atoms with van der Waals surface area (Å²) in [4.78, 5) is 22.0. The third kappa shape index (κ3) is 6.22. The van der Waals surface area contributed by atoms with Crippen LogP contribution in [0.15, 0.2) is 50.5 Å². The van der Waals surface area contributed by atoms with Crippen LogP contribution in [-0.4, -0.2) is 66.1 Å². The average Bonchev–Trinajstić information content (AvgIpc) is 3.58. The van der Waals surface area contributed by atoms with Gasteiger partial charge >= 0.3 is 12.1 Å². The molecule has 2 aromatic heterocycles. The number of benzene rings is 1. The van der Waals surface area contributed by atoms with Gasteiger partial charge < -0.3 is 20.1 Å². The van der Waals surface area contributed by atoms with Crippen LogP contribution in [0.25, 0.3) is 22.7 Å². The standard InChI is InChI=1S/C24H27FN6O3S.C2HF3O2/c1-23(2)22(26)29-24(3,13-35(23,32)31-15-6-7-15)16-9-14(5-8-17(16)25)20-10-18(30-34-20)19-11-28-21(33-4)12-27-19;3-2(4,5)1(6)7/h5,8-12,15H,6-7,13H2,1-4H3,(H2,26,29);(H,6,7)/t24-,35-;/m0./s1. The van der Waals surface area contributed by atoms with Crippen molar-refractivity contribution in [2.24, 2.45) is 15.1 Å². The molecular weight excluding hydrogens is 584 g/mol. The fraction of sp³-hybridized carbons (Fsp3) is 0.423. The van der Waals surface area contributed by atoms with Crippen LogP contribution in [0.4, 0.5) is 17.6 Å². The summed E-state index contributed by atoms with van der Waals surface area (Å²) in [6.45, 7) is 5.34. The third-order valence-corrected chi connectivity index (χ3v) is 10.2. The molecule has 1 aliphatic heterocycles. The minimum atomic E-state index is -5.08. The Balaban J connectivity index is 0.000000517. The van der Waals surface area contributed by atoms with Gasteiger partial charge in [0.25, 0.3) is 0 Å². The molecule has 1 fully saturated rings. The van der Waals surface area contributed by atoms with Crippen LogP contribution in [-0.2, 0) is 20.1 Å². The van der Waals surface area contributed by atoms with E-state index in [2.05, 4.69) is 24.5 Å². The molecule has 3 N–H and O–H groups in total. The van der Waals surface area contributed by atoms with Crippen molar-refractivity contribution in [1.29, 1.82) is 0 Å². The van der Waals surface area contributed by atoms with Crippen LogP contribution in [0.2, 0.25) is 0 Å². The second-order valence-corrected chi connectivity index (χ2v) is 13.2. The predicted molar refractivity (Wildman–Crippen MR) is 145 cm³/mol. The molecule has 1 saturated carbocycles. The maximum atomic E-state index is 15.2. The Labute approximate surface area is 238 Å². The largest absolute Gasteiger partial charge is 0.490 e. The first-order valence-corrected chi connectivity index (χ1v) is 14.2. The summed E-state index contributed by atoms with van der Waals surface area (Å²) in [6.07, 6.45) is -0.245. The fourth-order valence-corrected chi connectivity index (χ4v) is 6.81. The molecule has 5 rings (SSSR count). The minimum Gasteiger partial charge on any atom is -0.480 e. The highest BCUT2D eigenvalue weighted by Crippen LogP contribution is 2.42. The SMILES string of the molecule is COc1cnc(-c2cc(-c3ccc(F)c([C@]4(C)C[S@@](=O)(=NC5CC5)C(C)(C)C(N)=N4)c3)on2)cn1.O=C(O)C(F)(F)F. The summed E-state index contributed by atoms with van der Waals surface area (Å²) in [5, 5.41) is 11.2. The Morgan fingerprint density at radius 1 is 1.17 bits per heavy atom. The number of halogens is 4. The van der Waals surface area contributed by atoms with Crippen LogP contribution in [0, 0.1) is 5.82 Å². The van der Waals surface area contributed by atoms with Gasteiger partial charge in [-0.25, -0.2) is 27.7 Å². The minimum absolute atomic E-state index is 0.0711. The summed E-state index contributed by atoms with van der Waals surface area (Å²) in [7, 11) is -1.29. The lowest BCUT2D eigenvalue weighted by Gasteiger charge is -2.40. The molecule has 226 valence electrons. The van der Waals surface area contributed by atoms with E-state index < -0.39 is 38.0 Å². The predicted octanol–water partition coefficient (Wildman–Crippen LogP) is 4.57. The topological polar surface area (TPSA) is 166 Å². The Morgan fingerprint density at radius 2 is 1.83 bits per heavy atom. The van der Waals surface area contributed by atoms with E-state index in [4.69, 9.17) is 24.9 Å². The molecule has 0 saturated heterocycles. The maximum Gasteiger partial charge on any atom is 0.490 e. The molecule has 0 bridgehead atoms. The monoisotopic (exact) mass is 612 g/mol. The summed E-state index contributed by atoms with van der Waals surface area (Å²) in [5.41, 5.74) is 7.01. The Kier molecular flexibility index (Phi) is 8.06. The molecule has 1 aromatic carbocycles. The zero-order valence-corrected chi connectivity index (χ0v) is 23.8. The number of rotatable bonds is 5. The van der Waals surface area contributed by atoms with Gasteiger partial charge in [-0.1, -0.05) is 5.16 Å². The van der Waals surface area contributed by atoms with E-state index >= 15 is 4.39 Å². The van der Waals surface area contributed by atoms with E-state index in [1.807, 2.05) is 0 Å². The van der Waals surface area contributed by atoms with Crippen molar-refractivity contribution in [1.82, 2.24) is 15.1 Å². The number of ether oxygens (including phenoxy) is 1. The molecular formula is C26H28F4N6O5S. The molecule has 1 aliphatic carbocycles. The molecule has 0 unspecified atom stereocenters. The van der Waals surface area contributed by atoms with Gasteiger partial charge in [-0.2, -0.15) is 13.2 Å². The highest BCUT2D eigenvalue weighted by molar-refractivity contribution is 7.95. The zero-order chi connectivity index (χ0) is 31.1. The lowest BCUT2D eigenvalue weighted by molar-refractivity contribution is -0.192. The number of hydrogen-bond acceptors (Lipinski definition) is 10. The van der Waals surface area contributed by atoms with E-state index in [1.54, 1.807) is 39.0 Å². The van der Waals surface area contributed by atoms with Gasteiger partial charge in [-0.3, -0.25) is 4.99 Å². The average molecular weight is 613 g/mol. The van der Waals surface area contributed by atoms with Gasteiger partial charge in [0, 0.05) is 17.2 Å². The van der Waals surface area contributed by atoms with Gasteiger partial charge in [0.05, 0.1) is 41.0 Å². The summed E-state index contributed by atoms with van der Waals surface area (Å²) in [5.74, 6) is -2.14. The number of carboxylic acids is 1. The number of aliphatic imine (C=N–C) groups is 1. The number of carboxylic acid groups (broad SMARTS) is 1. The smallest absolute Gasteiger partial charge is 0.480 e. The Hall–Kier alpha value is -4.08. The molecule has 42 heavy (non-hydrogen) atoms. The van der Waals surface area contributed by atoms with Gasteiger partial charge in [-0.15, -0.1) is 0 Å². The molecule has 3 heterocycles. The first-order valence-electron chi connectivity index (χ1n) is 12.5. The number of nitrogens with two attached hydrogens (primary N) is 1. The first kappa shape index (κ1) is 30.9. The molecule has 11 nitrogen and oxygen atoms in total. The fourth-order valence-electron chi connectivity index (χ4n) is 4.06. The molecule has 0 radical (unpaired) electrons. The van der Waals surface area contributed by atoms with E-state index in [1.165, 1.54) is 25.6 Å². The van der Waals surface area contributed by atoms with Crippen molar-refractivity contribution in [3.8, 4) is 28.6 Å². The van der Waals surface area contributed by atoms with Gasteiger partial charge in [0.1, 0.15) is 33.3 Å². The quantitative estimate of drug-likeness (QED) is 0.392. The van der Waals surface area contributed by atoms with Crippen molar-refractivity contribution in [3.63, 3.8) is 0 Å². The number of alkyl halides is 3. The van der Waals surface area contributed by atoms with Gasteiger partial charge in [-0.05, 0) is 51.8 Å². The lowest BCUT2D eigenvalue weighted by Crippen LogP contribution is -2.55. The summed E-state index contributed by atoms with van der Waals surface area (Å²) < 4.78 is 75.3. The van der Waals surface area contributed by atoms with Gasteiger partial charge in [0.2, 0.25) is 5.88 Å². The number of amidine groups is 1. The Bertz CT molecular complexity index is 1640. The first-order chi connectivity index (χ1) is 19.5. The molecule has 2 aliphatic rings. The number of methoxy groups -OCH3 is 1. The Morgan fingerprint density at radius 3 is 2.38 bits per heavy atom. The van der Waals surface area contributed by atoms with Crippen molar-refractivity contribution in [2.45, 2.75) is 56.1 Å². The number of hydrogen-bond donors (Lipinski definition) is 2. The molecule has 0 spiro atoms.